The lowest BCUT2D eigenvalue weighted by atomic mass is 10.2. The first-order valence-corrected chi connectivity index (χ1v) is 9.34. The van der Waals surface area contributed by atoms with Crippen molar-refractivity contribution >= 4 is 10.0 Å². The number of sulfonamides is 1. The van der Waals surface area contributed by atoms with E-state index in [1.807, 2.05) is 12.1 Å². The van der Waals surface area contributed by atoms with Crippen LogP contribution in [0.25, 0.3) is 0 Å². The van der Waals surface area contributed by atoms with Gasteiger partial charge < -0.3 is 4.74 Å². The van der Waals surface area contributed by atoms with Crippen LogP contribution in [0.3, 0.4) is 0 Å². The quantitative estimate of drug-likeness (QED) is 0.860. The van der Waals surface area contributed by atoms with Crippen LogP contribution in [0.5, 0.6) is 5.88 Å². The highest BCUT2D eigenvalue weighted by molar-refractivity contribution is 7.89. The van der Waals surface area contributed by atoms with E-state index in [0.29, 0.717) is 17.3 Å². The van der Waals surface area contributed by atoms with Gasteiger partial charge in [0.25, 0.3) is 0 Å². The maximum absolute atomic E-state index is 12.4. The molecule has 24 heavy (non-hydrogen) atoms. The first-order chi connectivity index (χ1) is 11.6. The third-order valence-electron chi connectivity index (χ3n) is 4.06. The number of pyridine rings is 1. The number of hydrogen-bond donors (Lipinski definition) is 1. The number of nitrogens with zero attached hydrogens (tertiary/aromatic N) is 2. The number of methoxy groups -OCH3 is 1. The van der Waals surface area contributed by atoms with Crippen molar-refractivity contribution in [3.05, 3.63) is 54.2 Å². The van der Waals surface area contributed by atoms with E-state index in [4.69, 9.17) is 4.74 Å². The maximum atomic E-state index is 12.4. The minimum atomic E-state index is -3.45. The summed E-state index contributed by atoms with van der Waals surface area (Å²) in [5.74, 6) is 0.591. The molecule has 1 atom stereocenters. The lowest BCUT2D eigenvalue weighted by Crippen LogP contribution is -2.36. The minimum absolute atomic E-state index is 0.0681. The average molecular weight is 347 g/mol. The first-order valence-electron chi connectivity index (χ1n) is 7.85. The topological polar surface area (TPSA) is 71.5 Å². The molecule has 2 aromatic rings. The van der Waals surface area contributed by atoms with Crippen molar-refractivity contribution in [3.8, 4) is 5.88 Å². The van der Waals surface area contributed by atoms with Crippen LogP contribution in [-0.4, -0.2) is 44.5 Å². The van der Waals surface area contributed by atoms with Gasteiger partial charge >= 0.3 is 0 Å². The van der Waals surface area contributed by atoms with Gasteiger partial charge in [-0.1, -0.05) is 24.3 Å². The molecule has 0 radical (unpaired) electrons. The number of aromatic nitrogens is 1. The zero-order valence-corrected chi connectivity index (χ0v) is 14.4. The van der Waals surface area contributed by atoms with Crippen LogP contribution in [-0.2, 0) is 16.6 Å². The van der Waals surface area contributed by atoms with E-state index in [2.05, 4.69) is 14.6 Å². The molecule has 128 valence electrons. The molecule has 1 aromatic carbocycles. The molecule has 0 unspecified atom stereocenters. The Morgan fingerprint density at radius 3 is 2.71 bits per heavy atom. The van der Waals surface area contributed by atoms with Crippen molar-refractivity contribution in [2.45, 2.75) is 23.9 Å². The molecule has 1 aliphatic heterocycles. The molecule has 0 saturated carbocycles. The normalized spacial score (nSPS) is 18.6. The van der Waals surface area contributed by atoms with Crippen LogP contribution >= 0.6 is 0 Å². The summed E-state index contributed by atoms with van der Waals surface area (Å²) in [6.45, 7) is 2.30. The fraction of sp³-hybridized carbons (Fsp3) is 0.353. The van der Waals surface area contributed by atoms with Crippen LogP contribution in [0.15, 0.2) is 53.6 Å². The van der Waals surface area contributed by atoms with Gasteiger partial charge in [0.1, 0.15) is 0 Å². The molecule has 1 aromatic heterocycles. The molecule has 0 spiro atoms. The molecule has 2 heterocycles. The van der Waals surface area contributed by atoms with Gasteiger partial charge in [0.05, 0.1) is 12.0 Å². The average Bonchev–Trinajstić information content (AvgIpc) is 3.02. The molecule has 1 saturated heterocycles. The van der Waals surface area contributed by atoms with E-state index in [0.717, 1.165) is 25.1 Å². The molecule has 1 fully saturated rings. The zero-order chi connectivity index (χ0) is 17.0. The molecule has 7 heteroatoms. The van der Waals surface area contributed by atoms with E-state index < -0.39 is 10.0 Å². The van der Waals surface area contributed by atoms with Crippen LogP contribution in [0.1, 0.15) is 12.0 Å². The first kappa shape index (κ1) is 16.9. The molecule has 0 aliphatic carbocycles. The Hall–Kier alpha value is -1.96. The van der Waals surface area contributed by atoms with E-state index in [-0.39, 0.29) is 6.04 Å². The molecule has 6 nitrogen and oxygen atoms in total. The molecular formula is C17H21N3O3S. The van der Waals surface area contributed by atoms with Crippen LogP contribution in [0.2, 0.25) is 0 Å². The number of ether oxygens (including phenoxy) is 1. The number of likely N-dealkylation sites (tertiary alicyclic amines) is 1. The highest BCUT2D eigenvalue weighted by Crippen LogP contribution is 2.17. The third kappa shape index (κ3) is 4.11. The molecule has 0 bridgehead atoms. The number of hydrogen-bond acceptors (Lipinski definition) is 5. The monoisotopic (exact) mass is 347 g/mol. The van der Waals surface area contributed by atoms with Gasteiger partial charge in [-0.3, -0.25) is 4.90 Å². The standard InChI is InChI=1S/C17H21N3O3S/c1-23-17-8-7-14(11-18-17)12-20-10-9-15(13-20)19-24(21,22)16-5-3-2-4-6-16/h2-8,11,15,19H,9-10,12-13H2,1H3/t15-/m0/s1. The van der Waals surface area contributed by atoms with Crippen LogP contribution in [0.4, 0.5) is 0 Å². The summed E-state index contributed by atoms with van der Waals surface area (Å²) >= 11 is 0. The van der Waals surface area contributed by atoms with Gasteiger partial charge in [0.15, 0.2) is 0 Å². The molecule has 3 rings (SSSR count). The van der Waals surface area contributed by atoms with Gasteiger partial charge in [-0.2, -0.15) is 0 Å². The van der Waals surface area contributed by atoms with Gasteiger partial charge in [-0.05, 0) is 24.1 Å². The van der Waals surface area contributed by atoms with Crippen molar-refractivity contribution in [2.75, 3.05) is 20.2 Å². The van der Waals surface area contributed by atoms with Gasteiger partial charge in [0, 0.05) is 37.9 Å². The summed E-state index contributed by atoms with van der Waals surface area (Å²) in [6, 6.07) is 12.2. The summed E-state index contributed by atoms with van der Waals surface area (Å²) in [5.41, 5.74) is 1.09. The van der Waals surface area contributed by atoms with Gasteiger partial charge in [0.2, 0.25) is 15.9 Å². The van der Waals surface area contributed by atoms with Gasteiger partial charge in [-0.25, -0.2) is 18.1 Å². The SMILES string of the molecule is COc1ccc(CN2CC[C@H](NS(=O)(=O)c3ccccc3)C2)cn1. The van der Waals surface area contributed by atoms with Crippen molar-refractivity contribution in [3.63, 3.8) is 0 Å². The van der Waals surface area contributed by atoms with Gasteiger partial charge in [-0.15, -0.1) is 0 Å². The Morgan fingerprint density at radius 2 is 2.04 bits per heavy atom. The van der Waals surface area contributed by atoms with Crippen molar-refractivity contribution in [2.24, 2.45) is 0 Å². The number of rotatable bonds is 6. The van der Waals surface area contributed by atoms with Crippen molar-refractivity contribution in [1.82, 2.24) is 14.6 Å². The predicted molar refractivity (Wildman–Crippen MR) is 91.2 cm³/mol. The Morgan fingerprint density at radius 1 is 1.25 bits per heavy atom. The summed E-state index contributed by atoms with van der Waals surface area (Å²) in [7, 11) is -1.87. The molecule has 0 amide bonds. The highest BCUT2D eigenvalue weighted by Gasteiger charge is 2.27. The highest BCUT2D eigenvalue weighted by atomic mass is 32.2. The zero-order valence-electron chi connectivity index (χ0n) is 13.6. The summed E-state index contributed by atoms with van der Waals surface area (Å²) in [6.07, 6.45) is 2.59. The lowest BCUT2D eigenvalue weighted by Gasteiger charge is -2.17. The Kier molecular flexibility index (Phi) is 5.13. The summed E-state index contributed by atoms with van der Waals surface area (Å²) < 4.78 is 32.6. The second kappa shape index (κ2) is 7.29. The maximum Gasteiger partial charge on any atom is 0.240 e. The Labute approximate surface area is 142 Å². The second-order valence-corrected chi connectivity index (χ2v) is 7.58. The number of nitrogens with one attached hydrogen (secondary N) is 1. The Bertz CT molecular complexity index is 763. The van der Waals surface area contributed by atoms with E-state index >= 15 is 0 Å². The molecule has 1 aliphatic rings. The van der Waals surface area contributed by atoms with E-state index in [1.54, 1.807) is 43.6 Å². The summed E-state index contributed by atoms with van der Waals surface area (Å²) in [5, 5.41) is 0. The molecule has 1 N–H and O–H groups in total. The van der Waals surface area contributed by atoms with Crippen molar-refractivity contribution < 1.29 is 13.2 Å². The van der Waals surface area contributed by atoms with Crippen molar-refractivity contribution in [1.29, 1.82) is 0 Å². The summed E-state index contributed by atoms with van der Waals surface area (Å²) in [4.78, 5) is 6.73. The van der Waals surface area contributed by atoms with E-state index in [9.17, 15) is 8.42 Å². The molecular weight excluding hydrogens is 326 g/mol. The number of benzene rings is 1. The lowest BCUT2D eigenvalue weighted by molar-refractivity contribution is 0.323. The Balaban J connectivity index is 1.57. The minimum Gasteiger partial charge on any atom is -0.481 e. The third-order valence-corrected chi connectivity index (χ3v) is 5.60. The second-order valence-electron chi connectivity index (χ2n) is 5.86. The van der Waals surface area contributed by atoms with E-state index in [1.165, 1.54) is 0 Å². The largest absolute Gasteiger partial charge is 0.481 e. The fourth-order valence-corrected chi connectivity index (χ4v) is 4.13. The van der Waals surface area contributed by atoms with Crippen LogP contribution < -0.4 is 9.46 Å². The van der Waals surface area contributed by atoms with Crippen LogP contribution in [0, 0.1) is 0 Å². The fourth-order valence-electron chi connectivity index (χ4n) is 2.84. The smallest absolute Gasteiger partial charge is 0.240 e. The predicted octanol–water partition coefficient (Wildman–Crippen LogP) is 1.64.